The predicted octanol–water partition coefficient (Wildman–Crippen LogP) is 3.87. The molecule has 1 unspecified atom stereocenters. The molecule has 0 aliphatic rings. The number of nitrogens with zero attached hydrogens (tertiary/aromatic N) is 2. The quantitative estimate of drug-likeness (QED) is 0.684. The highest BCUT2D eigenvalue weighted by Crippen LogP contribution is 2.34. The van der Waals surface area contributed by atoms with Crippen molar-refractivity contribution in [2.24, 2.45) is 0 Å². The highest BCUT2D eigenvalue weighted by Gasteiger charge is 2.10. The molecule has 2 heterocycles. The van der Waals surface area contributed by atoms with Crippen LogP contribution in [0.4, 0.5) is 5.69 Å². The molecule has 2 aromatic heterocycles. The van der Waals surface area contributed by atoms with E-state index in [0.29, 0.717) is 10.8 Å². The van der Waals surface area contributed by atoms with Gasteiger partial charge in [0, 0.05) is 11.9 Å². The van der Waals surface area contributed by atoms with Crippen LogP contribution < -0.4 is 5.73 Å². The first-order valence-corrected chi connectivity index (χ1v) is 6.82. The molecule has 0 amide bonds. The number of hydrogen-bond donors (Lipinski definition) is 1. The number of aryl methyl sites for hydroxylation is 1. The normalized spacial score (nSPS) is 12.4. The van der Waals surface area contributed by atoms with Gasteiger partial charge in [-0.25, -0.2) is 4.98 Å². The predicted molar refractivity (Wildman–Crippen MR) is 76.9 cm³/mol. The standard InChI is InChI=1S/C13H14ClN3S/c1-8-3-4-16-11(5-8)9(2)18-13-7-10(15)6-12(14)17-13/h3-7,9H,1-2H3,(H2,15,17). The molecule has 0 aliphatic carbocycles. The molecule has 2 rings (SSSR count). The van der Waals surface area contributed by atoms with E-state index in [1.807, 2.05) is 18.3 Å². The Morgan fingerprint density at radius 2 is 2.11 bits per heavy atom. The van der Waals surface area contributed by atoms with Crippen molar-refractivity contribution in [3.63, 3.8) is 0 Å². The van der Waals surface area contributed by atoms with Crippen molar-refractivity contribution < 1.29 is 0 Å². The van der Waals surface area contributed by atoms with Crippen LogP contribution in [0.1, 0.15) is 23.4 Å². The average Bonchev–Trinajstić information content (AvgIpc) is 2.27. The van der Waals surface area contributed by atoms with Crippen LogP contribution in [0.2, 0.25) is 5.15 Å². The second-order valence-electron chi connectivity index (χ2n) is 4.08. The van der Waals surface area contributed by atoms with Crippen molar-refractivity contribution in [2.45, 2.75) is 24.1 Å². The molecule has 0 radical (unpaired) electrons. The second-order valence-corrected chi connectivity index (χ2v) is 5.83. The number of nitrogen functional groups attached to an aromatic ring is 1. The lowest BCUT2D eigenvalue weighted by molar-refractivity contribution is 0.989. The van der Waals surface area contributed by atoms with Crippen LogP contribution in [-0.4, -0.2) is 9.97 Å². The monoisotopic (exact) mass is 279 g/mol. The maximum atomic E-state index is 5.88. The SMILES string of the molecule is Cc1ccnc(C(C)Sc2cc(N)cc(Cl)n2)c1. The summed E-state index contributed by atoms with van der Waals surface area (Å²) in [5.41, 5.74) is 8.60. The van der Waals surface area contributed by atoms with Gasteiger partial charge in [0.1, 0.15) is 10.2 Å². The number of rotatable bonds is 3. The van der Waals surface area contributed by atoms with Crippen LogP contribution in [0.5, 0.6) is 0 Å². The number of nitrogens with two attached hydrogens (primary N) is 1. The lowest BCUT2D eigenvalue weighted by atomic mass is 10.2. The zero-order chi connectivity index (χ0) is 13.1. The minimum atomic E-state index is 0.204. The molecule has 0 spiro atoms. The fourth-order valence-electron chi connectivity index (χ4n) is 1.58. The van der Waals surface area contributed by atoms with E-state index in [-0.39, 0.29) is 5.25 Å². The Hall–Kier alpha value is -1.26. The Kier molecular flexibility index (Phi) is 4.09. The fourth-order valence-corrected chi connectivity index (χ4v) is 2.81. The third-order valence-corrected chi connectivity index (χ3v) is 3.68. The molecule has 0 fully saturated rings. The van der Waals surface area contributed by atoms with Crippen molar-refractivity contribution in [2.75, 3.05) is 5.73 Å². The van der Waals surface area contributed by atoms with Gasteiger partial charge in [-0.3, -0.25) is 4.98 Å². The first kappa shape index (κ1) is 13.2. The van der Waals surface area contributed by atoms with Crippen LogP contribution in [0, 0.1) is 6.92 Å². The number of aromatic nitrogens is 2. The van der Waals surface area contributed by atoms with Gasteiger partial charge < -0.3 is 5.73 Å². The second kappa shape index (κ2) is 5.59. The minimum Gasteiger partial charge on any atom is -0.399 e. The van der Waals surface area contributed by atoms with E-state index in [9.17, 15) is 0 Å². The summed E-state index contributed by atoms with van der Waals surface area (Å²) < 4.78 is 0. The van der Waals surface area contributed by atoms with E-state index in [1.54, 1.807) is 17.8 Å². The highest BCUT2D eigenvalue weighted by molar-refractivity contribution is 7.99. The maximum Gasteiger partial charge on any atom is 0.132 e. The molecule has 3 nitrogen and oxygen atoms in total. The average molecular weight is 280 g/mol. The lowest BCUT2D eigenvalue weighted by Gasteiger charge is -2.11. The third kappa shape index (κ3) is 3.37. The zero-order valence-electron chi connectivity index (χ0n) is 10.2. The molecule has 0 bridgehead atoms. The number of thioether (sulfide) groups is 1. The van der Waals surface area contributed by atoms with Crippen LogP contribution in [0.3, 0.4) is 0 Å². The van der Waals surface area contributed by atoms with E-state index in [1.165, 1.54) is 5.56 Å². The molecule has 0 aromatic carbocycles. The lowest BCUT2D eigenvalue weighted by Crippen LogP contribution is -1.95. The van der Waals surface area contributed by atoms with Crippen molar-refractivity contribution >= 4 is 29.1 Å². The van der Waals surface area contributed by atoms with Gasteiger partial charge in [0.2, 0.25) is 0 Å². The van der Waals surface area contributed by atoms with E-state index in [2.05, 4.69) is 29.9 Å². The van der Waals surface area contributed by atoms with E-state index in [4.69, 9.17) is 17.3 Å². The van der Waals surface area contributed by atoms with Gasteiger partial charge in [0.25, 0.3) is 0 Å². The summed E-state index contributed by atoms with van der Waals surface area (Å²) in [5, 5.41) is 1.44. The smallest absolute Gasteiger partial charge is 0.132 e. The topological polar surface area (TPSA) is 51.8 Å². The van der Waals surface area contributed by atoms with Gasteiger partial charge in [-0.1, -0.05) is 23.4 Å². The molecule has 5 heteroatoms. The highest BCUT2D eigenvalue weighted by atomic mass is 35.5. The maximum absolute atomic E-state index is 5.88. The van der Waals surface area contributed by atoms with Crippen LogP contribution in [0.15, 0.2) is 35.5 Å². The van der Waals surface area contributed by atoms with Gasteiger partial charge in [0.15, 0.2) is 0 Å². The Morgan fingerprint density at radius 1 is 1.33 bits per heavy atom. The third-order valence-electron chi connectivity index (χ3n) is 2.44. The van der Waals surface area contributed by atoms with Crippen molar-refractivity contribution in [1.29, 1.82) is 0 Å². The molecule has 0 saturated carbocycles. The van der Waals surface area contributed by atoms with Gasteiger partial charge in [-0.05, 0) is 43.7 Å². The van der Waals surface area contributed by atoms with Crippen LogP contribution in [0.25, 0.3) is 0 Å². The van der Waals surface area contributed by atoms with E-state index in [0.717, 1.165) is 10.7 Å². The largest absolute Gasteiger partial charge is 0.399 e. The number of pyridine rings is 2. The van der Waals surface area contributed by atoms with Crippen LogP contribution in [-0.2, 0) is 0 Å². The van der Waals surface area contributed by atoms with Gasteiger partial charge >= 0.3 is 0 Å². The zero-order valence-corrected chi connectivity index (χ0v) is 11.8. The van der Waals surface area contributed by atoms with Gasteiger partial charge in [0.05, 0.1) is 10.9 Å². The fraction of sp³-hybridized carbons (Fsp3) is 0.231. The molecule has 0 aliphatic heterocycles. The van der Waals surface area contributed by atoms with Crippen molar-refractivity contribution in [3.8, 4) is 0 Å². The van der Waals surface area contributed by atoms with Crippen LogP contribution >= 0.6 is 23.4 Å². The Bertz CT molecular complexity index is 539. The summed E-state index contributed by atoms with van der Waals surface area (Å²) >= 11 is 7.48. The number of halogens is 1. The Balaban J connectivity index is 2.18. The first-order chi connectivity index (χ1) is 8.54. The molecule has 94 valence electrons. The van der Waals surface area contributed by atoms with Crippen molar-refractivity contribution in [3.05, 3.63) is 46.9 Å². The molecule has 2 N–H and O–H groups in total. The summed E-state index contributed by atoms with van der Waals surface area (Å²) in [6.45, 7) is 4.14. The van der Waals surface area contributed by atoms with Gasteiger partial charge in [-0.15, -0.1) is 0 Å². The molecule has 0 saturated heterocycles. The Labute approximate surface area is 116 Å². The summed E-state index contributed by atoms with van der Waals surface area (Å²) in [6, 6.07) is 7.52. The molecular weight excluding hydrogens is 266 g/mol. The summed E-state index contributed by atoms with van der Waals surface area (Å²) in [4.78, 5) is 8.61. The van der Waals surface area contributed by atoms with E-state index < -0.39 is 0 Å². The van der Waals surface area contributed by atoms with Crippen molar-refractivity contribution in [1.82, 2.24) is 9.97 Å². The van der Waals surface area contributed by atoms with E-state index >= 15 is 0 Å². The summed E-state index contributed by atoms with van der Waals surface area (Å²) in [5.74, 6) is 0. The summed E-state index contributed by atoms with van der Waals surface area (Å²) in [6.07, 6.45) is 1.82. The molecule has 1 atom stereocenters. The Morgan fingerprint density at radius 3 is 2.78 bits per heavy atom. The first-order valence-electron chi connectivity index (χ1n) is 5.57. The number of hydrogen-bond acceptors (Lipinski definition) is 4. The molecular formula is C13H14ClN3S. The molecule has 2 aromatic rings. The molecule has 18 heavy (non-hydrogen) atoms. The number of anilines is 1. The van der Waals surface area contributed by atoms with Gasteiger partial charge in [-0.2, -0.15) is 0 Å². The minimum absolute atomic E-state index is 0.204. The summed E-state index contributed by atoms with van der Waals surface area (Å²) in [7, 11) is 0.